The highest BCUT2D eigenvalue weighted by atomic mass is 19.4. The summed E-state index contributed by atoms with van der Waals surface area (Å²) < 4.78 is 44.9. The fourth-order valence-corrected chi connectivity index (χ4v) is 3.69. The van der Waals surface area contributed by atoms with Gasteiger partial charge in [0.1, 0.15) is 17.9 Å². The van der Waals surface area contributed by atoms with Gasteiger partial charge in [0.2, 0.25) is 5.88 Å². The minimum atomic E-state index is -4.40. The van der Waals surface area contributed by atoms with E-state index in [1.807, 2.05) is 42.1 Å². The molecule has 0 bridgehead atoms. The van der Waals surface area contributed by atoms with Crippen molar-refractivity contribution in [3.8, 4) is 11.6 Å². The fraction of sp³-hybridized carbons (Fsp3) is 0.250. The van der Waals surface area contributed by atoms with Crippen LogP contribution < -0.4 is 15.0 Å². The van der Waals surface area contributed by atoms with Crippen LogP contribution in [0.2, 0.25) is 0 Å². The average molecular weight is 455 g/mol. The van der Waals surface area contributed by atoms with Gasteiger partial charge >= 0.3 is 6.18 Å². The first-order chi connectivity index (χ1) is 15.7. The highest BCUT2D eigenvalue weighted by Gasteiger charge is 2.30. The number of alkyl halides is 3. The summed E-state index contributed by atoms with van der Waals surface area (Å²) in [5.41, 5.74) is 2.47. The molecule has 0 fully saturated rings. The SMILES string of the molecule is C=C(Nc1cccc(C(F)(F)F)c1)N1CCc2cc(Oc3cc(CN(C)C)ncn3)ccc21. The molecule has 0 aliphatic carbocycles. The number of ether oxygens (including phenoxy) is 1. The Hall–Kier alpha value is -3.59. The van der Waals surface area contributed by atoms with Crippen molar-refractivity contribution < 1.29 is 17.9 Å². The third kappa shape index (κ3) is 5.43. The predicted octanol–water partition coefficient (Wildman–Crippen LogP) is 5.30. The number of hydrogen-bond acceptors (Lipinski definition) is 6. The first-order valence-electron chi connectivity index (χ1n) is 10.4. The zero-order valence-corrected chi connectivity index (χ0v) is 18.4. The number of hydrogen-bond donors (Lipinski definition) is 1. The minimum absolute atomic E-state index is 0.334. The van der Waals surface area contributed by atoms with E-state index in [2.05, 4.69) is 21.9 Å². The molecule has 2 heterocycles. The molecule has 2 aromatic carbocycles. The summed E-state index contributed by atoms with van der Waals surface area (Å²) in [6, 6.07) is 12.6. The summed E-state index contributed by atoms with van der Waals surface area (Å²) in [6.07, 6.45) is -2.16. The molecule has 1 aliphatic heterocycles. The molecule has 6 nitrogen and oxygen atoms in total. The average Bonchev–Trinajstić information content (AvgIpc) is 3.16. The van der Waals surface area contributed by atoms with Gasteiger partial charge in [0.15, 0.2) is 0 Å². The number of aromatic nitrogens is 2. The molecule has 1 aromatic heterocycles. The predicted molar refractivity (Wildman–Crippen MR) is 121 cm³/mol. The number of nitrogens with one attached hydrogen (secondary N) is 1. The molecule has 0 radical (unpaired) electrons. The van der Waals surface area contributed by atoms with Gasteiger partial charge < -0.3 is 19.9 Å². The van der Waals surface area contributed by atoms with Crippen LogP contribution in [0.15, 0.2) is 67.3 Å². The van der Waals surface area contributed by atoms with E-state index in [0.717, 1.165) is 35.5 Å². The number of benzene rings is 2. The van der Waals surface area contributed by atoms with Crippen LogP contribution >= 0.6 is 0 Å². The Balaban J connectivity index is 1.46. The van der Waals surface area contributed by atoms with Gasteiger partial charge in [0, 0.05) is 30.5 Å². The van der Waals surface area contributed by atoms with Gasteiger partial charge in [-0.1, -0.05) is 12.6 Å². The Labute approximate surface area is 190 Å². The summed E-state index contributed by atoms with van der Waals surface area (Å²) in [5, 5.41) is 2.99. The molecule has 0 unspecified atom stereocenters. The summed E-state index contributed by atoms with van der Waals surface area (Å²) in [5.74, 6) is 1.62. The third-order valence-electron chi connectivity index (χ3n) is 5.15. The van der Waals surface area contributed by atoms with Crippen molar-refractivity contribution >= 4 is 11.4 Å². The third-order valence-corrected chi connectivity index (χ3v) is 5.15. The van der Waals surface area contributed by atoms with E-state index in [-0.39, 0.29) is 0 Å². The van der Waals surface area contributed by atoms with Gasteiger partial charge in [-0.25, -0.2) is 9.97 Å². The molecule has 9 heteroatoms. The number of nitrogens with zero attached hydrogens (tertiary/aromatic N) is 4. The van der Waals surface area contributed by atoms with Crippen LogP contribution in [0.3, 0.4) is 0 Å². The lowest BCUT2D eigenvalue weighted by Crippen LogP contribution is -2.24. The Kier molecular flexibility index (Phi) is 6.24. The van der Waals surface area contributed by atoms with Crippen molar-refractivity contribution in [2.75, 3.05) is 30.9 Å². The van der Waals surface area contributed by atoms with Crippen molar-refractivity contribution in [2.24, 2.45) is 0 Å². The number of anilines is 2. The molecular weight excluding hydrogens is 431 g/mol. The Morgan fingerprint density at radius 1 is 1.15 bits per heavy atom. The lowest BCUT2D eigenvalue weighted by Gasteiger charge is -2.23. The van der Waals surface area contributed by atoms with Crippen LogP contribution in [0.5, 0.6) is 11.6 Å². The Bertz CT molecular complexity index is 1160. The molecule has 0 atom stereocenters. The minimum Gasteiger partial charge on any atom is -0.439 e. The number of halogens is 3. The van der Waals surface area contributed by atoms with Gasteiger partial charge in [-0.05, 0) is 62.5 Å². The Morgan fingerprint density at radius 2 is 1.97 bits per heavy atom. The smallest absolute Gasteiger partial charge is 0.416 e. The van der Waals surface area contributed by atoms with Crippen LogP contribution in [0.25, 0.3) is 0 Å². The van der Waals surface area contributed by atoms with Gasteiger partial charge in [-0.2, -0.15) is 13.2 Å². The lowest BCUT2D eigenvalue weighted by molar-refractivity contribution is -0.137. The molecule has 3 aromatic rings. The molecule has 0 saturated carbocycles. The maximum atomic E-state index is 13.0. The van der Waals surface area contributed by atoms with Gasteiger partial charge in [-0.15, -0.1) is 0 Å². The number of fused-ring (bicyclic) bond motifs is 1. The first-order valence-corrected chi connectivity index (χ1v) is 10.4. The molecule has 1 aliphatic rings. The summed E-state index contributed by atoms with van der Waals surface area (Å²) in [6.45, 7) is 5.36. The quantitative estimate of drug-likeness (QED) is 0.522. The monoisotopic (exact) mass is 455 g/mol. The maximum absolute atomic E-state index is 13.0. The van der Waals surface area contributed by atoms with Crippen molar-refractivity contribution in [1.29, 1.82) is 0 Å². The van der Waals surface area contributed by atoms with E-state index in [1.165, 1.54) is 12.4 Å². The van der Waals surface area contributed by atoms with Crippen LogP contribution in [0.4, 0.5) is 24.5 Å². The van der Waals surface area contributed by atoms with Crippen LogP contribution in [0.1, 0.15) is 16.8 Å². The van der Waals surface area contributed by atoms with Crippen molar-refractivity contribution in [1.82, 2.24) is 14.9 Å². The second-order valence-corrected chi connectivity index (χ2v) is 8.03. The molecule has 172 valence electrons. The van der Waals surface area contributed by atoms with E-state index >= 15 is 0 Å². The standard InChI is InChI=1S/C24H24F3N5O/c1-16(30-19-6-4-5-18(12-19)24(25,26)27)32-10-9-17-11-21(7-8-22(17)32)33-23-13-20(14-31(2)3)28-15-29-23/h4-8,11-13,15,30H,1,9-10,14H2,2-3H3. The molecule has 0 saturated heterocycles. The van der Waals surface area contributed by atoms with Crippen molar-refractivity contribution in [2.45, 2.75) is 19.1 Å². The van der Waals surface area contributed by atoms with E-state index in [1.54, 1.807) is 12.1 Å². The zero-order valence-electron chi connectivity index (χ0n) is 18.4. The highest BCUT2D eigenvalue weighted by molar-refractivity contribution is 5.66. The summed E-state index contributed by atoms with van der Waals surface area (Å²) in [4.78, 5) is 12.4. The normalized spacial score (nSPS) is 13.2. The van der Waals surface area contributed by atoms with Crippen LogP contribution in [0, 0.1) is 0 Å². The van der Waals surface area contributed by atoms with E-state index < -0.39 is 11.7 Å². The van der Waals surface area contributed by atoms with Crippen molar-refractivity contribution in [3.63, 3.8) is 0 Å². The second kappa shape index (κ2) is 9.11. The topological polar surface area (TPSA) is 53.5 Å². The Morgan fingerprint density at radius 3 is 2.73 bits per heavy atom. The molecule has 1 N–H and O–H groups in total. The highest BCUT2D eigenvalue weighted by Crippen LogP contribution is 2.35. The van der Waals surface area contributed by atoms with Gasteiger partial charge in [-0.3, -0.25) is 0 Å². The van der Waals surface area contributed by atoms with E-state index in [4.69, 9.17) is 4.74 Å². The molecule has 4 rings (SSSR count). The van der Waals surface area contributed by atoms with Gasteiger partial charge in [0.05, 0.1) is 11.3 Å². The van der Waals surface area contributed by atoms with Crippen molar-refractivity contribution in [3.05, 3.63) is 84.1 Å². The lowest BCUT2D eigenvalue weighted by atomic mass is 10.1. The molecule has 33 heavy (non-hydrogen) atoms. The molecule has 0 amide bonds. The van der Waals surface area contributed by atoms with Crippen LogP contribution in [-0.2, 0) is 19.1 Å². The number of rotatable bonds is 7. The van der Waals surface area contributed by atoms with Gasteiger partial charge in [0.25, 0.3) is 0 Å². The first kappa shape index (κ1) is 22.6. The molecular formula is C24H24F3N5O. The maximum Gasteiger partial charge on any atom is 0.416 e. The van der Waals surface area contributed by atoms with E-state index in [9.17, 15) is 13.2 Å². The molecule has 0 spiro atoms. The second-order valence-electron chi connectivity index (χ2n) is 8.03. The summed E-state index contributed by atoms with van der Waals surface area (Å²) in [7, 11) is 3.93. The van der Waals surface area contributed by atoms with Crippen LogP contribution in [-0.4, -0.2) is 35.5 Å². The largest absolute Gasteiger partial charge is 0.439 e. The van der Waals surface area contributed by atoms with E-state index in [0.29, 0.717) is 36.2 Å². The zero-order chi connectivity index (χ0) is 23.6. The fourth-order valence-electron chi connectivity index (χ4n) is 3.69. The summed E-state index contributed by atoms with van der Waals surface area (Å²) >= 11 is 0.